The van der Waals surface area contributed by atoms with Crippen LogP contribution in [0.4, 0.5) is 0 Å². The molecular formula is C7H10N2O2S. The lowest BCUT2D eigenvalue weighted by Gasteiger charge is -2.07. The van der Waals surface area contributed by atoms with Crippen molar-refractivity contribution in [1.82, 2.24) is 9.88 Å². The Morgan fingerprint density at radius 2 is 2.08 bits per heavy atom. The Morgan fingerprint density at radius 3 is 2.42 bits per heavy atom. The lowest BCUT2D eigenvalue weighted by atomic mass is 10.3. The molecule has 66 valence electrons. The molecule has 5 heteroatoms. The van der Waals surface area contributed by atoms with Crippen LogP contribution in [0.3, 0.4) is 0 Å². The summed E-state index contributed by atoms with van der Waals surface area (Å²) in [5.41, 5.74) is 0.642. The summed E-state index contributed by atoms with van der Waals surface area (Å²) < 4.78 is 0. The van der Waals surface area contributed by atoms with Crippen LogP contribution in [0.2, 0.25) is 0 Å². The van der Waals surface area contributed by atoms with E-state index in [2.05, 4.69) is 4.98 Å². The number of aromatic nitrogens is 1. The molecule has 0 spiro atoms. The van der Waals surface area contributed by atoms with Crippen LogP contribution in [0.15, 0.2) is 4.79 Å². The van der Waals surface area contributed by atoms with Gasteiger partial charge in [0.2, 0.25) is 0 Å². The molecule has 1 aromatic rings. The first-order chi connectivity index (χ1) is 5.52. The van der Waals surface area contributed by atoms with Crippen LogP contribution >= 0.6 is 11.3 Å². The Balaban J connectivity index is 3.11. The largest absolute Gasteiger partial charge is 0.344 e. The van der Waals surface area contributed by atoms with E-state index in [0.717, 1.165) is 11.3 Å². The average molecular weight is 186 g/mol. The number of aryl methyl sites for hydroxylation is 1. The van der Waals surface area contributed by atoms with E-state index in [9.17, 15) is 9.59 Å². The second-order valence-electron chi connectivity index (χ2n) is 2.67. The highest BCUT2D eigenvalue weighted by atomic mass is 32.1. The minimum Gasteiger partial charge on any atom is -0.344 e. The van der Waals surface area contributed by atoms with Crippen molar-refractivity contribution in [1.29, 1.82) is 0 Å². The summed E-state index contributed by atoms with van der Waals surface area (Å²) in [6.07, 6.45) is 0. The van der Waals surface area contributed by atoms with Crippen LogP contribution < -0.4 is 4.87 Å². The van der Waals surface area contributed by atoms with E-state index < -0.39 is 0 Å². The molecule has 4 nitrogen and oxygen atoms in total. The Kier molecular flexibility index (Phi) is 2.32. The predicted octanol–water partition coefficient (Wildman–Crippen LogP) is 0.447. The monoisotopic (exact) mass is 186 g/mol. The lowest BCUT2D eigenvalue weighted by Crippen LogP contribution is -2.21. The second-order valence-corrected chi connectivity index (χ2v) is 3.65. The minimum atomic E-state index is -0.183. The zero-order valence-electron chi connectivity index (χ0n) is 7.17. The van der Waals surface area contributed by atoms with E-state index in [1.165, 1.54) is 4.90 Å². The van der Waals surface area contributed by atoms with Gasteiger partial charge in [-0.1, -0.05) is 11.3 Å². The van der Waals surface area contributed by atoms with Gasteiger partial charge in [0.25, 0.3) is 5.91 Å². The molecule has 0 aliphatic heterocycles. The number of amides is 1. The molecule has 1 rings (SSSR count). The Hall–Kier alpha value is -1.10. The summed E-state index contributed by atoms with van der Waals surface area (Å²) in [5, 5.41) is 0. The summed E-state index contributed by atoms with van der Waals surface area (Å²) >= 11 is 0.948. The standard InChI is InChI=1S/C7H10N2O2S/c1-4-5(6(10)9(2)3)12-7(11)8-4/h1-3H3,(H,8,11). The number of hydrogen-bond donors (Lipinski definition) is 1. The van der Waals surface area contributed by atoms with Crippen LogP contribution in [0.1, 0.15) is 15.4 Å². The van der Waals surface area contributed by atoms with Gasteiger partial charge in [0.15, 0.2) is 0 Å². The maximum atomic E-state index is 11.4. The van der Waals surface area contributed by atoms with E-state index in [1.54, 1.807) is 21.0 Å². The van der Waals surface area contributed by atoms with Crippen molar-refractivity contribution in [3.63, 3.8) is 0 Å². The van der Waals surface area contributed by atoms with Gasteiger partial charge < -0.3 is 9.88 Å². The van der Waals surface area contributed by atoms with Gasteiger partial charge in [-0.15, -0.1) is 0 Å². The zero-order chi connectivity index (χ0) is 9.30. The lowest BCUT2D eigenvalue weighted by molar-refractivity contribution is 0.0831. The third-order valence-electron chi connectivity index (χ3n) is 1.43. The van der Waals surface area contributed by atoms with Crippen LogP contribution in [-0.2, 0) is 0 Å². The van der Waals surface area contributed by atoms with Gasteiger partial charge in [-0.3, -0.25) is 9.59 Å². The van der Waals surface area contributed by atoms with Crippen molar-refractivity contribution < 1.29 is 4.79 Å². The van der Waals surface area contributed by atoms with Crippen molar-refractivity contribution in [3.05, 3.63) is 20.2 Å². The SMILES string of the molecule is Cc1[nH]c(=O)sc1C(=O)N(C)C. The van der Waals surface area contributed by atoms with Gasteiger partial charge in [0.05, 0.1) is 0 Å². The molecule has 0 aliphatic carbocycles. The summed E-state index contributed by atoms with van der Waals surface area (Å²) in [7, 11) is 3.32. The van der Waals surface area contributed by atoms with Gasteiger partial charge in [0.1, 0.15) is 4.88 Å². The fourth-order valence-corrected chi connectivity index (χ4v) is 1.68. The molecule has 1 heterocycles. The molecule has 1 N–H and O–H groups in total. The first-order valence-electron chi connectivity index (χ1n) is 3.43. The zero-order valence-corrected chi connectivity index (χ0v) is 7.99. The summed E-state index contributed by atoms with van der Waals surface area (Å²) in [5.74, 6) is -0.129. The van der Waals surface area contributed by atoms with E-state index in [4.69, 9.17) is 0 Å². The Morgan fingerprint density at radius 1 is 1.50 bits per heavy atom. The van der Waals surface area contributed by atoms with Crippen LogP contribution in [0.25, 0.3) is 0 Å². The molecule has 0 unspecified atom stereocenters. The number of thiazole rings is 1. The molecule has 0 fully saturated rings. The quantitative estimate of drug-likeness (QED) is 0.692. The summed E-state index contributed by atoms with van der Waals surface area (Å²) in [4.78, 5) is 26.5. The maximum Gasteiger partial charge on any atom is 0.305 e. The fourth-order valence-electron chi connectivity index (χ4n) is 0.812. The fraction of sp³-hybridized carbons (Fsp3) is 0.429. The van der Waals surface area contributed by atoms with Crippen molar-refractivity contribution >= 4 is 17.2 Å². The summed E-state index contributed by atoms with van der Waals surface area (Å²) in [6.45, 7) is 1.72. The highest BCUT2D eigenvalue weighted by Gasteiger charge is 2.14. The number of nitrogens with one attached hydrogen (secondary N) is 1. The number of nitrogens with zero attached hydrogens (tertiary/aromatic N) is 1. The van der Waals surface area contributed by atoms with Crippen molar-refractivity contribution in [2.45, 2.75) is 6.92 Å². The second kappa shape index (κ2) is 3.10. The third kappa shape index (κ3) is 1.55. The molecule has 0 aromatic carbocycles. The molecule has 0 bridgehead atoms. The Labute approximate surface area is 73.8 Å². The third-order valence-corrected chi connectivity index (χ3v) is 2.40. The van der Waals surface area contributed by atoms with Gasteiger partial charge >= 0.3 is 4.87 Å². The average Bonchev–Trinajstić information content (AvgIpc) is 2.28. The van der Waals surface area contributed by atoms with E-state index in [0.29, 0.717) is 10.6 Å². The number of rotatable bonds is 1. The van der Waals surface area contributed by atoms with E-state index in [-0.39, 0.29) is 10.8 Å². The maximum absolute atomic E-state index is 11.4. The molecule has 0 aliphatic rings. The number of carbonyl (C=O) groups is 1. The topological polar surface area (TPSA) is 53.2 Å². The molecule has 12 heavy (non-hydrogen) atoms. The van der Waals surface area contributed by atoms with Crippen LogP contribution in [0, 0.1) is 6.92 Å². The smallest absolute Gasteiger partial charge is 0.305 e. The molecule has 1 aromatic heterocycles. The highest BCUT2D eigenvalue weighted by Crippen LogP contribution is 2.09. The van der Waals surface area contributed by atoms with Gasteiger partial charge in [-0.2, -0.15) is 0 Å². The molecule has 0 saturated carbocycles. The van der Waals surface area contributed by atoms with Crippen LogP contribution in [0.5, 0.6) is 0 Å². The molecule has 0 saturated heterocycles. The van der Waals surface area contributed by atoms with Gasteiger partial charge in [-0.25, -0.2) is 0 Å². The van der Waals surface area contributed by atoms with Crippen molar-refractivity contribution in [2.24, 2.45) is 0 Å². The number of carbonyl (C=O) groups excluding carboxylic acids is 1. The van der Waals surface area contributed by atoms with Gasteiger partial charge in [-0.05, 0) is 6.92 Å². The van der Waals surface area contributed by atoms with E-state index in [1.807, 2.05) is 0 Å². The van der Waals surface area contributed by atoms with Crippen LogP contribution in [-0.4, -0.2) is 29.9 Å². The number of aromatic amines is 1. The minimum absolute atomic E-state index is 0.129. The van der Waals surface area contributed by atoms with E-state index >= 15 is 0 Å². The highest BCUT2D eigenvalue weighted by molar-refractivity contribution is 7.11. The molecule has 0 atom stereocenters. The first-order valence-corrected chi connectivity index (χ1v) is 4.25. The molecule has 0 radical (unpaired) electrons. The Bertz CT molecular complexity index is 351. The molecule has 1 amide bonds. The summed E-state index contributed by atoms with van der Waals surface area (Å²) in [6, 6.07) is 0. The molecular weight excluding hydrogens is 176 g/mol. The number of hydrogen-bond acceptors (Lipinski definition) is 3. The normalized spacial score (nSPS) is 9.92. The van der Waals surface area contributed by atoms with Crippen molar-refractivity contribution in [3.8, 4) is 0 Å². The van der Waals surface area contributed by atoms with Gasteiger partial charge in [0, 0.05) is 19.8 Å². The first kappa shape index (κ1) is 8.99. The predicted molar refractivity (Wildman–Crippen MR) is 47.7 cm³/mol. The number of H-pyrrole nitrogens is 1. The van der Waals surface area contributed by atoms with Crippen molar-refractivity contribution in [2.75, 3.05) is 14.1 Å².